The van der Waals surface area contributed by atoms with E-state index in [1.807, 2.05) is 5.48 Å². The van der Waals surface area contributed by atoms with Gasteiger partial charge in [-0.3, -0.25) is 10.7 Å². The van der Waals surface area contributed by atoms with E-state index in [4.69, 9.17) is 26.3 Å². The minimum absolute atomic E-state index is 0.0290. The van der Waals surface area contributed by atoms with Gasteiger partial charge in [0.1, 0.15) is 0 Å². The molecule has 0 saturated carbocycles. The van der Waals surface area contributed by atoms with Gasteiger partial charge in [0, 0.05) is 11.5 Å². The molecule has 0 fully saturated rings. The van der Waals surface area contributed by atoms with Gasteiger partial charge in [-0.15, -0.1) is 0 Å². The number of ether oxygens (including phenoxy) is 2. The molecule has 2 aromatic rings. The highest BCUT2D eigenvalue weighted by Crippen LogP contribution is 2.34. The summed E-state index contributed by atoms with van der Waals surface area (Å²) in [6, 6.07) is 3.31. The van der Waals surface area contributed by atoms with E-state index in [9.17, 15) is 0 Å². The van der Waals surface area contributed by atoms with Crippen molar-refractivity contribution in [3.8, 4) is 11.5 Å². The zero-order chi connectivity index (χ0) is 12.4. The summed E-state index contributed by atoms with van der Waals surface area (Å²) >= 11 is 5.73. The third-order valence-electron chi connectivity index (χ3n) is 2.28. The number of hydrogen-bond donors (Lipinski definition) is 2. The number of halogens is 1. The number of nitrogens with one attached hydrogen (secondary N) is 1. The summed E-state index contributed by atoms with van der Waals surface area (Å²) in [5.41, 5.74) is 2.51. The molecule has 1 aromatic heterocycles. The minimum Gasteiger partial charge on any atom is -0.493 e. The zero-order valence-electron chi connectivity index (χ0n) is 9.19. The molecule has 7 heteroatoms. The molecule has 0 aliphatic heterocycles. The Morgan fingerprint density at radius 2 is 1.82 bits per heavy atom. The molecule has 1 heterocycles. The van der Waals surface area contributed by atoms with Gasteiger partial charge < -0.3 is 9.47 Å². The van der Waals surface area contributed by atoms with Crippen molar-refractivity contribution in [3.05, 3.63) is 17.4 Å². The van der Waals surface area contributed by atoms with Crippen molar-refractivity contribution in [1.82, 2.24) is 9.97 Å². The van der Waals surface area contributed by atoms with Crippen LogP contribution in [0.15, 0.2) is 12.1 Å². The van der Waals surface area contributed by atoms with Gasteiger partial charge in [0.2, 0.25) is 5.28 Å². The predicted octanol–water partition coefficient (Wildman–Crippen LogP) is 2.10. The molecule has 0 unspecified atom stereocenters. The second kappa shape index (κ2) is 4.60. The average molecular weight is 256 g/mol. The van der Waals surface area contributed by atoms with Gasteiger partial charge in [0.05, 0.1) is 19.7 Å². The Bertz CT molecular complexity index is 562. The van der Waals surface area contributed by atoms with Crippen molar-refractivity contribution in [1.29, 1.82) is 0 Å². The fourth-order valence-electron chi connectivity index (χ4n) is 1.51. The maximum Gasteiger partial charge on any atom is 0.224 e. The van der Waals surface area contributed by atoms with Crippen LogP contribution in [0.4, 0.5) is 5.82 Å². The third-order valence-corrected chi connectivity index (χ3v) is 2.45. The summed E-state index contributed by atoms with van der Waals surface area (Å²) in [7, 11) is 3.05. The van der Waals surface area contributed by atoms with Crippen LogP contribution in [-0.4, -0.2) is 29.4 Å². The second-order valence-corrected chi connectivity index (χ2v) is 3.52. The summed E-state index contributed by atoms with van der Waals surface area (Å²) in [6.07, 6.45) is 0. The molecule has 0 radical (unpaired) electrons. The Morgan fingerprint density at radius 3 is 2.41 bits per heavy atom. The number of benzene rings is 1. The fraction of sp³-hybridized carbons (Fsp3) is 0.200. The van der Waals surface area contributed by atoms with Gasteiger partial charge in [-0.1, -0.05) is 0 Å². The molecular weight excluding hydrogens is 246 g/mol. The van der Waals surface area contributed by atoms with Crippen molar-refractivity contribution in [2.75, 3.05) is 19.7 Å². The Balaban J connectivity index is 2.77. The van der Waals surface area contributed by atoms with Crippen LogP contribution in [0.5, 0.6) is 11.5 Å². The summed E-state index contributed by atoms with van der Waals surface area (Å²) in [4.78, 5) is 7.88. The van der Waals surface area contributed by atoms with Crippen LogP contribution in [0.25, 0.3) is 10.9 Å². The second-order valence-electron chi connectivity index (χ2n) is 3.18. The first kappa shape index (κ1) is 11.7. The molecule has 2 rings (SSSR count). The molecule has 0 bridgehead atoms. The molecule has 0 saturated heterocycles. The van der Waals surface area contributed by atoms with Gasteiger partial charge >= 0.3 is 0 Å². The summed E-state index contributed by atoms with van der Waals surface area (Å²) in [5.74, 6) is 1.25. The number of aromatic nitrogens is 2. The molecular formula is C10H10ClN3O3. The number of methoxy groups -OCH3 is 2. The van der Waals surface area contributed by atoms with Gasteiger partial charge in [0.15, 0.2) is 17.3 Å². The third kappa shape index (κ3) is 2.04. The highest BCUT2D eigenvalue weighted by atomic mass is 35.5. The van der Waals surface area contributed by atoms with Crippen LogP contribution < -0.4 is 15.0 Å². The predicted molar refractivity (Wildman–Crippen MR) is 63.1 cm³/mol. The number of rotatable bonds is 3. The zero-order valence-corrected chi connectivity index (χ0v) is 9.95. The van der Waals surface area contributed by atoms with Crippen LogP contribution in [0.3, 0.4) is 0 Å². The Labute approximate surface area is 102 Å². The maximum atomic E-state index is 8.98. The lowest BCUT2D eigenvalue weighted by Gasteiger charge is -2.10. The Kier molecular flexibility index (Phi) is 3.16. The van der Waals surface area contributed by atoms with E-state index in [0.29, 0.717) is 22.4 Å². The fourth-order valence-corrected chi connectivity index (χ4v) is 1.69. The number of fused-ring (bicyclic) bond motifs is 1. The Hall–Kier alpha value is -1.79. The summed E-state index contributed by atoms with van der Waals surface area (Å²) < 4.78 is 10.3. The molecule has 17 heavy (non-hydrogen) atoms. The van der Waals surface area contributed by atoms with Crippen molar-refractivity contribution in [2.24, 2.45) is 0 Å². The first-order chi connectivity index (χ1) is 8.19. The van der Waals surface area contributed by atoms with Crippen LogP contribution >= 0.6 is 11.6 Å². The molecule has 2 N–H and O–H groups in total. The highest BCUT2D eigenvalue weighted by Gasteiger charge is 2.11. The smallest absolute Gasteiger partial charge is 0.224 e. The number of anilines is 1. The van der Waals surface area contributed by atoms with Crippen LogP contribution in [0.1, 0.15) is 0 Å². The van der Waals surface area contributed by atoms with E-state index in [2.05, 4.69) is 9.97 Å². The highest BCUT2D eigenvalue weighted by molar-refractivity contribution is 6.28. The molecule has 6 nitrogen and oxygen atoms in total. The first-order valence-corrected chi connectivity index (χ1v) is 5.06. The first-order valence-electron chi connectivity index (χ1n) is 4.69. The topological polar surface area (TPSA) is 76.5 Å². The van der Waals surface area contributed by atoms with Gasteiger partial charge in [-0.05, 0) is 17.7 Å². The lowest BCUT2D eigenvalue weighted by Crippen LogP contribution is -1.98. The normalized spacial score (nSPS) is 10.4. The van der Waals surface area contributed by atoms with Crippen molar-refractivity contribution >= 4 is 28.3 Å². The molecule has 0 aliphatic carbocycles. The van der Waals surface area contributed by atoms with Crippen LogP contribution in [0, 0.1) is 0 Å². The van der Waals surface area contributed by atoms with E-state index >= 15 is 0 Å². The van der Waals surface area contributed by atoms with Gasteiger partial charge in [-0.2, -0.15) is 4.98 Å². The van der Waals surface area contributed by atoms with Crippen LogP contribution in [-0.2, 0) is 0 Å². The summed E-state index contributed by atoms with van der Waals surface area (Å²) in [6.45, 7) is 0. The van der Waals surface area contributed by atoms with E-state index in [1.165, 1.54) is 14.2 Å². The maximum absolute atomic E-state index is 8.98. The lowest BCUT2D eigenvalue weighted by atomic mass is 10.2. The lowest BCUT2D eigenvalue weighted by molar-refractivity contribution is 0.355. The molecule has 0 spiro atoms. The number of hydrogen-bond acceptors (Lipinski definition) is 6. The van der Waals surface area contributed by atoms with E-state index < -0.39 is 0 Å². The molecule has 0 amide bonds. The quantitative estimate of drug-likeness (QED) is 0.646. The minimum atomic E-state index is 0.0290. The van der Waals surface area contributed by atoms with Gasteiger partial charge in [0.25, 0.3) is 0 Å². The van der Waals surface area contributed by atoms with E-state index in [1.54, 1.807) is 12.1 Å². The largest absolute Gasteiger partial charge is 0.493 e. The molecule has 0 atom stereocenters. The van der Waals surface area contributed by atoms with Gasteiger partial charge in [-0.25, -0.2) is 4.98 Å². The molecule has 90 valence electrons. The van der Waals surface area contributed by atoms with Crippen molar-refractivity contribution in [2.45, 2.75) is 0 Å². The van der Waals surface area contributed by atoms with Crippen LogP contribution in [0.2, 0.25) is 5.28 Å². The van der Waals surface area contributed by atoms with E-state index in [-0.39, 0.29) is 11.1 Å². The van der Waals surface area contributed by atoms with Crippen molar-refractivity contribution in [3.63, 3.8) is 0 Å². The number of nitrogens with zero attached hydrogens (tertiary/aromatic N) is 2. The average Bonchev–Trinajstić information content (AvgIpc) is 2.35. The standard InChI is InChI=1S/C10H10ClN3O3/c1-16-7-3-5-6(4-8(7)17-2)12-10(11)13-9(5)14-15/h3-4,15H,1-2H3,(H,12,13,14). The molecule has 1 aromatic carbocycles. The molecule has 0 aliphatic rings. The van der Waals surface area contributed by atoms with Crippen molar-refractivity contribution < 1.29 is 14.7 Å². The summed E-state index contributed by atoms with van der Waals surface area (Å²) in [5, 5.41) is 9.59. The Morgan fingerprint density at radius 1 is 1.18 bits per heavy atom. The SMILES string of the molecule is COc1cc2nc(Cl)nc(NO)c2cc1OC. The monoisotopic (exact) mass is 255 g/mol. The van der Waals surface area contributed by atoms with E-state index in [0.717, 1.165) is 0 Å².